The van der Waals surface area contributed by atoms with Crippen LogP contribution in [0.25, 0.3) is 11.3 Å². The molecule has 0 aliphatic carbocycles. The van der Waals surface area contributed by atoms with E-state index < -0.39 is 17.8 Å². The molecular weight excluding hydrogens is 395 g/mol. The van der Waals surface area contributed by atoms with E-state index >= 15 is 0 Å². The van der Waals surface area contributed by atoms with Crippen molar-refractivity contribution in [2.24, 2.45) is 0 Å². The number of nitrogens with zero attached hydrogens (tertiary/aromatic N) is 2. The Labute approximate surface area is 172 Å². The number of halogens is 3. The number of amides is 1. The zero-order valence-corrected chi connectivity index (χ0v) is 17.1. The van der Waals surface area contributed by atoms with Crippen LogP contribution >= 0.6 is 0 Å². The highest BCUT2D eigenvalue weighted by Gasteiger charge is 2.33. The van der Waals surface area contributed by atoms with Crippen LogP contribution in [0.3, 0.4) is 0 Å². The van der Waals surface area contributed by atoms with Gasteiger partial charge in [-0.2, -0.15) is 13.2 Å². The third kappa shape index (κ3) is 4.87. The van der Waals surface area contributed by atoms with Gasteiger partial charge in [0.2, 0.25) is 0 Å². The average Bonchev–Trinajstić information content (AvgIpc) is 3.14. The summed E-state index contributed by atoms with van der Waals surface area (Å²) >= 11 is 0. The van der Waals surface area contributed by atoms with E-state index in [0.717, 1.165) is 17.7 Å². The highest BCUT2D eigenvalue weighted by Crippen LogP contribution is 2.28. The van der Waals surface area contributed by atoms with Crippen molar-refractivity contribution in [2.45, 2.75) is 45.8 Å². The molecule has 0 atom stereocenters. The summed E-state index contributed by atoms with van der Waals surface area (Å²) in [5.41, 5.74) is 1.79. The molecule has 3 aromatic rings. The van der Waals surface area contributed by atoms with Gasteiger partial charge in [0.1, 0.15) is 11.4 Å². The van der Waals surface area contributed by atoms with Crippen LogP contribution in [0, 0.1) is 6.92 Å². The number of benzene rings is 1. The summed E-state index contributed by atoms with van der Waals surface area (Å²) in [5.74, 6) is -0.114. The predicted octanol–water partition coefficient (Wildman–Crippen LogP) is 5.29. The normalized spacial score (nSPS) is 12.1. The molecule has 8 heteroatoms. The Hall–Kier alpha value is -3.16. The van der Waals surface area contributed by atoms with E-state index in [-0.39, 0.29) is 23.2 Å². The molecule has 0 spiro atoms. The highest BCUT2D eigenvalue weighted by molar-refractivity contribution is 5.95. The summed E-state index contributed by atoms with van der Waals surface area (Å²) in [4.78, 5) is 15.8. The largest absolute Gasteiger partial charge is 0.433 e. The number of carbonyl (C=O) groups excluding carboxylic acids is 1. The Kier molecular flexibility index (Phi) is 5.70. The van der Waals surface area contributed by atoms with Gasteiger partial charge in [-0.25, -0.2) is 4.98 Å². The Balaban J connectivity index is 1.66. The molecule has 0 unspecified atom stereocenters. The molecule has 1 N–H and O–H groups in total. The quantitative estimate of drug-likeness (QED) is 0.626. The van der Waals surface area contributed by atoms with Gasteiger partial charge in [0, 0.05) is 11.6 Å². The number of aryl methyl sites for hydroxylation is 1. The smallest absolute Gasteiger partial charge is 0.359 e. The summed E-state index contributed by atoms with van der Waals surface area (Å²) in [6, 6.07) is 11.6. The van der Waals surface area contributed by atoms with E-state index in [9.17, 15) is 18.0 Å². The number of hydrogen-bond acceptors (Lipinski definition) is 4. The third-order valence-electron chi connectivity index (χ3n) is 4.65. The van der Waals surface area contributed by atoms with Crippen molar-refractivity contribution in [3.63, 3.8) is 0 Å². The van der Waals surface area contributed by atoms with E-state index in [4.69, 9.17) is 4.52 Å². The number of hydrogen-bond donors (Lipinski definition) is 1. The number of nitrogens with one attached hydrogen (secondary N) is 1. The lowest BCUT2D eigenvalue weighted by molar-refractivity contribution is -0.141. The molecule has 30 heavy (non-hydrogen) atoms. The van der Waals surface area contributed by atoms with Gasteiger partial charge in [-0.15, -0.1) is 0 Å². The standard InChI is InChI=1S/C22H22F3N3O2/c1-13-17(9-10-19(27-13)22(23,24)25)20(29)26-12-16-11-18(28-30-16)14-5-7-15(8-6-14)21(2,3)4/h5-11H,12H2,1-4H3,(H,26,29). The summed E-state index contributed by atoms with van der Waals surface area (Å²) < 4.78 is 43.4. The summed E-state index contributed by atoms with van der Waals surface area (Å²) in [6.07, 6.45) is -4.55. The van der Waals surface area contributed by atoms with Crippen molar-refractivity contribution in [2.75, 3.05) is 0 Å². The minimum atomic E-state index is -4.55. The molecule has 1 amide bonds. The fourth-order valence-electron chi connectivity index (χ4n) is 2.89. The van der Waals surface area contributed by atoms with Crippen molar-refractivity contribution in [1.29, 1.82) is 0 Å². The van der Waals surface area contributed by atoms with E-state index in [2.05, 4.69) is 36.2 Å². The van der Waals surface area contributed by atoms with E-state index in [1.165, 1.54) is 12.5 Å². The first-order valence-corrected chi connectivity index (χ1v) is 9.35. The number of pyridine rings is 1. The second kappa shape index (κ2) is 7.93. The maximum Gasteiger partial charge on any atom is 0.433 e. The topological polar surface area (TPSA) is 68.0 Å². The molecule has 158 valence electrons. The lowest BCUT2D eigenvalue weighted by atomic mass is 9.86. The first kappa shape index (κ1) is 21.5. The van der Waals surface area contributed by atoms with Crippen LogP contribution in [0.4, 0.5) is 13.2 Å². The molecule has 1 aromatic carbocycles. The minimum Gasteiger partial charge on any atom is -0.359 e. The van der Waals surface area contributed by atoms with Crippen molar-refractivity contribution in [1.82, 2.24) is 15.5 Å². The minimum absolute atomic E-state index is 0.000443. The van der Waals surface area contributed by atoms with Gasteiger partial charge < -0.3 is 9.84 Å². The molecule has 3 rings (SSSR count). The van der Waals surface area contributed by atoms with Crippen LogP contribution in [0.1, 0.15) is 53.8 Å². The summed E-state index contributed by atoms with van der Waals surface area (Å²) in [5, 5.41) is 6.64. The lowest BCUT2D eigenvalue weighted by Crippen LogP contribution is -2.24. The molecule has 0 aliphatic rings. The average molecular weight is 417 g/mol. The molecule has 0 saturated carbocycles. The Morgan fingerprint density at radius 2 is 1.73 bits per heavy atom. The Morgan fingerprint density at radius 1 is 1.07 bits per heavy atom. The zero-order chi connectivity index (χ0) is 22.1. The Morgan fingerprint density at radius 3 is 2.30 bits per heavy atom. The van der Waals surface area contributed by atoms with Gasteiger partial charge >= 0.3 is 6.18 Å². The molecule has 0 aliphatic heterocycles. The van der Waals surface area contributed by atoms with Crippen molar-refractivity contribution < 1.29 is 22.5 Å². The van der Waals surface area contributed by atoms with Crippen LogP contribution in [0.5, 0.6) is 0 Å². The number of alkyl halides is 3. The fraction of sp³-hybridized carbons (Fsp3) is 0.318. The second-order valence-electron chi connectivity index (χ2n) is 8.02. The fourth-order valence-corrected chi connectivity index (χ4v) is 2.89. The maximum atomic E-state index is 12.7. The maximum absolute atomic E-state index is 12.7. The summed E-state index contributed by atoms with van der Waals surface area (Å²) in [7, 11) is 0. The summed E-state index contributed by atoms with van der Waals surface area (Å²) in [6.45, 7) is 7.80. The van der Waals surface area contributed by atoms with Crippen LogP contribution in [-0.2, 0) is 18.1 Å². The van der Waals surface area contributed by atoms with Crippen LogP contribution in [-0.4, -0.2) is 16.0 Å². The monoisotopic (exact) mass is 417 g/mol. The molecule has 2 heterocycles. The molecule has 0 radical (unpaired) electrons. The lowest BCUT2D eigenvalue weighted by Gasteiger charge is -2.18. The van der Waals surface area contributed by atoms with Crippen LogP contribution in [0.2, 0.25) is 0 Å². The van der Waals surface area contributed by atoms with Gasteiger partial charge in [0.15, 0.2) is 5.76 Å². The number of carbonyl (C=O) groups is 1. The SMILES string of the molecule is Cc1nc(C(F)(F)F)ccc1C(=O)NCc1cc(-c2ccc(C(C)(C)C)cc2)no1. The van der Waals surface area contributed by atoms with Gasteiger partial charge in [0.25, 0.3) is 5.91 Å². The van der Waals surface area contributed by atoms with Crippen molar-refractivity contribution in [3.8, 4) is 11.3 Å². The predicted molar refractivity (Wildman–Crippen MR) is 106 cm³/mol. The molecule has 0 saturated heterocycles. The molecule has 5 nitrogen and oxygen atoms in total. The molecule has 2 aromatic heterocycles. The van der Waals surface area contributed by atoms with E-state index in [1.807, 2.05) is 24.3 Å². The van der Waals surface area contributed by atoms with Crippen LogP contribution in [0.15, 0.2) is 47.0 Å². The van der Waals surface area contributed by atoms with Crippen LogP contribution < -0.4 is 5.32 Å². The zero-order valence-electron chi connectivity index (χ0n) is 17.1. The first-order valence-electron chi connectivity index (χ1n) is 9.35. The first-order chi connectivity index (χ1) is 13.9. The van der Waals surface area contributed by atoms with Gasteiger partial charge in [-0.3, -0.25) is 4.79 Å². The van der Waals surface area contributed by atoms with Gasteiger partial charge in [-0.1, -0.05) is 50.2 Å². The van der Waals surface area contributed by atoms with E-state index in [1.54, 1.807) is 6.07 Å². The van der Waals surface area contributed by atoms with E-state index in [0.29, 0.717) is 11.5 Å². The molecule has 0 bridgehead atoms. The Bertz CT molecular complexity index is 1050. The molecular formula is C22H22F3N3O2. The van der Waals surface area contributed by atoms with Crippen molar-refractivity contribution >= 4 is 5.91 Å². The second-order valence-corrected chi connectivity index (χ2v) is 8.02. The molecule has 0 fully saturated rings. The van der Waals surface area contributed by atoms with Gasteiger partial charge in [-0.05, 0) is 30.0 Å². The van der Waals surface area contributed by atoms with Gasteiger partial charge in [0.05, 0.1) is 17.8 Å². The highest BCUT2D eigenvalue weighted by atomic mass is 19.4. The van der Waals surface area contributed by atoms with Crippen molar-refractivity contribution in [3.05, 3.63) is 70.7 Å². The number of aromatic nitrogens is 2. The third-order valence-corrected chi connectivity index (χ3v) is 4.65. The number of rotatable bonds is 4.